The van der Waals surface area contributed by atoms with Gasteiger partial charge in [-0.3, -0.25) is 4.79 Å². The molecule has 0 aromatic heterocycles. The summed E-state index contributed by atoms with van der Waals surface area (Å²) in [5.74, 6) is 0. The fraction of sp³-hybridized carbons (Fsp3) is 0.625. The normalized spacial score (nSPS) is 10.9. The lowest BCUT2D eigenvalue weighted by Gasteiger charge is -2.12. The molecule has 70 valence electrons. The highest BCUT2D eigenvalue weighted by atomic mass is 16.5. The Hall–Kier alpha value is -0.870. The highest BCUT2D eigenvalue weighted by Crippen LogP contribution is 1.83. The van der Waals surface area contributed by atoms with Crippen LogP contribution in [0.25, 0.3) is 0 Å². The number of carbonyl (C=O) groups is 1. The fourth-order valence-corrected chi connectivity index (χ4v) is 0.649. The summed E-state index contributed by atoms with van der Waals surface area (Å²) >= 11 is 0. The van der Waals surface area contributed by atoms with Crippen molar-refractivity contribution in [1.82, 2.24) is 4.90 Å². The van der Waals surface area contributed by atoms with Crippen molar-refractivity contribution >= 4 is 6.47 Å². The number of rotatable bonds is 7. The Morgan fingerprint density at radius 1 is 1.50 bits per heavy atom. The Balaban J connectivity index is 3.29. The highest BCUT2D eigenvalue weighted by molar-refractivity contribution is 5.38. The maximum absolute atomic E-state index is 9.71. The molecule has 4 heteroatoms. The van der Waals surface area contributed by atoms with Gasteiger partial charge in [0, 0.05) is 20.2 Å². The van der Waals surface area contributed by atoms with Crippen LogP contribution in [0.5, 0.6) is 0 Å². The zero-order chi connectivity index (χ0) is 9.23. The van der Waals surface area contributed by atoms with Gasteiger partial charge in [-0.25, -0.2) is 0 Å². The van der Waals surface area contributed by atoms with Crippen molar-refractivity contribution in [1.29, 1.82) is 0 Å². The zero-order valence-corrected chi connectivity index (χ0v) is 7.53. The van der Waals surface area contributed by atoms with Crippen molar-refractivity contribution in [2.75, 3.05) is 33.9 Å². The van der Waals surface area contributed by atoms with Gasteiger partial charge in [0.05, 0.1) is 12.9 Å². The Labute approximate surface area is 72.8 Å². The molecule has 0 amide bonds. The van der Waals surface area contributed by atoms with Crippen LogP contribution in [-0.2, 0) is 14.3 Å². The Morgan fingerprint density at radius 3 is 2.83 bits per heavy atom. The molecule has 0 bridgehead atoms. The number of hydrogen-bond acceptors (Lipinski definition) is 4. The molecule has 0 heterocycles. The maximum Gasteiger partial charge on any atom is 0.297 e. The molecule has 0 N–H and O–H groups in total. The summed E-state index contributed by atoms with van der Waals surface area (Å²) in [6, 6.07) is 0. The van der Waals surface area contributed by atoms with Crippen molar-refractivity contribution in [3.05, 3.63) is 12.3 Å². The molecule has 0 saturated heterocycles. The first-order chi connectivity index (χ1) is 5.81. The van der Waals surface area contributed by atoms with E-state index in [-0.39, 0.29) is 0 Å². The van der Waals surface area contributed by atoms with Gasteiger partial charge in [-0.2, -0.15) is 0 Å². The SMILES string of the molecule is COCCN(C)C/C=C/OC=O. The molecule has 0 atom stereocenters. The topological polar surface area (TPSA) is 38.8 Å². The minimum Gasteiger partial charge on any atom is -0.437 e. The lowest BCUT2D eigenvalue weighted by atomic mass is 10.5. The first-order valence-corrected chi connectivity index (χ1v) is 3.73. The van der Waals surface area contributed by atoms with E-state index in [1.54, 1.807) is 13.2 Å². The van der Waals surface area contributed by atoms with Gasteiger partial charge in [-0.1, -0.05) is 0 Å². The molecule has 4 nitrogen and oxygen atoms in total. The molecule has 0 aliphatic rings. The van der Waals surface area contributed by atoms with Crippen LogP contribution in [0, 0.1) is 0 Å². The Kier molecular flexibility index (Phi) is 7.63. The summed E-state index contributed by atoms with van der Waals surface area (Å²) in [6.07, 6.45) is 3.14. The van der Waals surface area contributed by atoms with E-state index in [1.807, 2.05) is 11.9 Å². The maximum atomic E-state index is 9.71. The van der Waals surface area contributed by atoms with Crippen LogP contribution in [-0.4, -0.2) is 45.2 Å². The molecular formula is C8H15NO3. The van der Waals surface area contributed by atoms with Gasteiger partial charge >= 0.3 is 0 Å². The molecule has 0 aromatic rings. The number of nitrogens with zero attached hydrogens (tertiary/aromatic N) is 1. The molecule has 0 fully saturated rings. The number of carbonyl (C=O) groups excluding carboxylic acids is 1. The number of hydrogen-bond donors (Lipinski definition) is 0. The minimum atomic E-state index is 0.394. The van der Waals surface area contributed by atoms with E-state index in [2.05, 4.69) is 4.74 Å². The lowest BCUT2D eigenvalue weighted by Crippen LogP contribution is -2.22. The first kappa shape index (κ1) is 11.1. The van der Waals surface area contributed by atoms with E-state index in [1.165, 1.54) is 6.26 Å². The summed E-state index contributed by atoms with van der Waals surface area (Å²) in [7, 11) is 3.63. The predicted molar refractivity (Wildman–Crippen MR) is 45.7 cm³/mol. The van der Waals surface area contributed by atoms with Gasteiger partial charge in [0.25, 0.3) is 6.47 Å². The summed E-state index contributed by atoms with van der Waals surface area (Å²) in [4.78, 5) is 11.8. The molecule has 12 heavy (non-hydrogen) atoms. The number of likely N-dealkylation sites (N-methyl/N-ethyl adjacent to an activating group) is 1. The molecule has 0 spiro atoms. The molecular weight excluding hydrogens is 158 g/mol. The summed E-state index contributed by atoms with van der Waals surface area (Å²) in [6.45, 7) is 2.71. The highest BCUT2D eigenvalue weighted by Gasteiger charge is 1.92. The van der Waals surface area contributed by atoms with Gasteiger partial charge in [-0.15, -0.1) is 0 Å². The van der Waals surface area contributed by atoms with Crippen LogP contribution in [0.3, 0.4) is 0 Å². The average Bonchev–Trinajstić information content (AvgIpc) is 2.09. The van der Waals surface area contributed by atoms with E-state index in [9.17, 15) is 4.79 Å². The number of methoxy groups -OCH3 is 1. The standard InChI is InChI=1S/C8H15NO3/c1-9(5-7-11-2)4-3-6-12-8-10/h3,6,8H,4-5,7H2,1-2H3/b6-3+. The van der Waals surface area contributed by atoms with Crippen LogP contribution in [0.1, 0.15) is 0 Å². The second kappa shape index (κ2) is 8.23. The van der Waals surface area contributed by atoms with Crippen molar-refractivity contribution < 1.29 is 14.3 Å². The zero-order valence-electron chi connectivity index (χ0n) is 7.53. The lowest BCUT2D eigenvalue weighted by molar-refractivity contribution is -0.123. The van der Waals surface area contributed by atoms with Gasteiger partial charge in [-0.05, 0) is 13.1 Å². The van der Waals surface area contributed by atoms with Crippen LogP contribution in [0.4, 0.5) is 0 Å². The first-order valence-electron chi connectivity index (χ1n) is 3.73. The molecule has 0 unspecified atom stereocenters. The van der Waals surface area contributed by atoms with Gasteiger partial charge in [0.1, 0.15) is 0 Å². The molecule has 0 aliphatic heterocycles. The van der Waals surface area contributed by atoms with Gasteiger partial charge in [0.15, 0.2) is 0 Å². The van der Waals surface area contributed by atoms with Crippen molar-refractivity contribution in [2.24, 2.45) is 0 Å². The predicted octanol–water partition coefficient (Wildman–Crippen LogP) is 0.251. The Bertz CT molecular complexity index is 136. The third-order valence-electron chi connectivity index (χ3n) is 1.32. The van der Waals surface area contributed by atoms with Crippen LogP contribution in [0.15, 0.2) is 12.3 Å². The third-order valence-corrected chi connectivity index (χ3v) is 1.32. The smallest absolute Gasteiger partial charge is 0.297 e. The average molecular weight is 173 g/mol. The van der Waals surface area contributed by atoms with Gasteiger partial charge < -0.3 is 14.4 Å². The van der Waals surface area contributed by atoms with Gasteiger partial charge in [0.2, 0.25) is 0 Å². The molecule has 0 aliphatic carbocycles. The van der Waals surface area contributed by atoms with Crippen LogP contribution in [0.2, 0.25) is 0 Å². The van der Waals surface area contributed by atoms with Crippen LogP contribution < -0.4 is 0 Å². The van der Waals surface area contributed by atoms with Crippen molar-refractivity contribution in [2.45, 2.75) is 0 Å². The van der Waals surface area contributed by atoms with E-state index in [0.717, 1.165) is 13.1 Å². The molecule has 0 rings (SSSR count). The number of ether oxygens (including phenoxy) is 2. The third kappa shape index (κ3) is 7.24. The molecule has 0 aromatic carbocycles. The molecule has 0 saturated carbocycles. The van der Waals surface area contributed by atoms with E-state index in [0.29, 0.717) is 13.1 Å². The second-order valence-corrected chi connectivity index (χ2v) is 2.36. The second-order valence-electron chi connectivity index (χ2n) is 2.36. The summed E-state index contributed by atoms with van der Waals surface area (Å²) in [5.41, 5.74) is 0. The van der Waals surface area contributed by atoms with E-state index >= 15 is 0 Å². The summed E-state index contributed by atoms with van der Waals surface area (Å²) < 4.78 is 9.26. The summed E-state index contributed by atoms with van der Waals surface area (Å²) in [5, 5.41) is 0. The Morgan fingerprint density at radius 2 is 2.25 bits per heavy atom. The minimum absolute atomic E-state index is 0.394. The largest absolute Gasteiger partial charge is 0.437 e. The van der Waals surface area contributed by atoms with E-state index in [4.69, 9.17) is 4.74 Å². The quantitative estimate of drug-likeness (QED) is 0.408. The van der Waals surface area contributed by atoms with Crippen molar-refractivity contribution in [3.8, 4) is 0 Å². The monoisotopic (exact) mass is 173 g/mol. The van der Waals surface area contributed by atoms with Crippen LogP contribution >= 0.6 is 0 Å². The van der Waals surface area contributed by atoms with Crippen molar-refractivity contribution in [3.63, 3.8) is 0 Å². The van der Waals surface area contributed by atoms with E-state index < -0.39 is 0 Å². The fourth-order valence-electron chi connectivity index (χ4n) is 0.649. The molecule has 0 radical (unpaired) electrons.